The van der Waals surface area contributed by atoms with Crippen LogP contribution >= 0.6 is 21.4 Å². The van der Waals surface area contributed by atoms with Crippen molar-refractivity contribution in [3.05, 3.63) is 65.4 Å². The van der Waals surface area contributed by atoms with Gasteiger partial charge < -0.3 is 10.0 Å². The molecule has 2 atom stereocenters. The maximum atomic E-state index is 4.65. The summed E-state index contributed by atoms with van der Waals surface area (Å²) in [5.41, 5.74) is 6.18. The lowest BCUT2D eigenvalue weighted by molar-refractivity contribution is 0.233. The molecule has 1 fully saturated rings. The maximum Gasteiger partial charge on any atom is 0.0945 e. The summed E-state index contributed by atoms with van der Waals surface area (Å²) < 4.78 is 5.80. The number of anilines is 1. The highest BCUT2D eigenvalue weighted by Crippen LogP contribution is 2.44. The average Bonchev–Trinajstić information content (AvgIpc) is 2.76. The van der Waals surface area contributed by atoms with Crippen LogP contribution < -0.4 is 15.3 Å². The smallest absolute Gasteiger partial charge is 0.0945 e. The van der Waals surface area contributed by atoms with E-state index in [1.54, 1.807) is 12.1 Å². The standard InChI is InChI=1S/C22H26N5PS/c1-26-22(18-6-4-15-3-2-8-24-20(15)21(18)25-29-26)16-5-7-19(28)17(13-16)14-27-11-9-23-10-12-27/h2-8,13,22-23,25H,9-12,14,28H2,1H3. The summed E-state index contributed by atoms with van der Waals surface area (Å²) in [5, 5.41) is 5.90. The third-order valence-electron chi connectivity index (χ3n) is 5.84. The van der Waals surface area contributed by atoms with Gasteiger partial charge in [0, 0.05) is 69.1 Å². The molecular weight excluding hydrogens is 397 g/mol. The molecule has 5 nitrogen and oxygen atoms in total. The van der Waals surface area contributed by atoms with E-state index < -0.39 is 0 Å². The second kappa shape index (κ2) is 8.21. The fourth-order valence-electron chi connectivity index (χ4n) is 4.29. The number of rotatable bonds is 3. The van der Waals surface area contributed by atoms with Gasteiger partial charge in [0.1, 0.15) is 0 Å². The van der Waals surface area contributed by atoms with Gasteiger partial charge in [0.25, 0.3) is 0 Å². The summed E-state index contributed by atoms with van der Waals surface area (Å²) in [5.74, 6) is 0. The van der Waals surface area contributed by atoms with Crippen molar-refractivity contribution in [2.45, 2.75) is 12.6 Å². The van der Waals surface area contributed by atoms with Crippen LogP contribution in [0.4, 0.5) is 5.69 Å². The van der Waals surface area contributed by atoms with Crippen LogP contribution in [0.5, 0.6) is 0 Å². The molecular formula is C22H26N5PS. The molecule has 150 valence electrons. The Hall–Kier alpha value is -1.69. The maximum absolute atomic E-state index is 4.65. The summed E-state index contributed by atoms with van der Waals surface area (Å²) in [6.45, 7) is 5.37. The van der Waals surface area contributed by atoms with Crippen molar-refractivity contribution in [3.63, 3.8) is 0 Å². The zero-order valence-corrected chi connectivity index (χ0v) is 18.5. The zero-order chi connectivity index (χ0) is 19.8. The van der Waals surface area contributed by atoms with Crippen molar-refractivity contribution in [1.82, 2.24) is 19.5 Å². The van der Waals surface area contributed by atoms with Gasteiger partial charge in [0.05, 0.1) is 17.2 Å². The first-order valence-corrected chi connectivity index (χ1v) is 11.4. The van der Waals surface area contributed by atoms with Gasteiger partial charge in [-0.05, 0) is 22.5 Å². The Labute approximate surface area is 178 Å². The summed E-state index contributed by atoms with van der Waals surface area (Å²) in [6.07, 6.45) is 1.87. The lowest BCUT2D eigenvalue weighted by Gasteiger charge is -2.35. The van der Waals surface area contributed by atoms with Gasteiger partial charge in [0.15, 0.2) is 0 Å². The number of hydrogen-bond acceptors (Lipinski definition) is 6. The van der Waals surface area contributed by atoms with Gasteiger partial charge in [-0.25, -0.2) is 4.31 Å². The number of hydrogen-bond donors (Lipinski definition) is 2. The third kappa shape index (κ3) is 3.76. The molecule has 7 heteroatoms. The first kappa shape index (κ1) is 19.3. The molecule has 29 heavy (non-hydrogen) atoms. The van der Waals surface area contributed by atoms with E-state index in [-0.39, 0.29) is 6.04 Å². The van der Waals surface area contributed by atoms with Gasteiger partial charge in [-0.3, -0.25) is 9.88 Å². The van der Waals surface area contributed by atoms with Crippen LogP contribution in [-0.4, -0.2) is 47.4 Å². The molecule has 0 amide bonds. The minimum atomic E-state index is 0.190. The minimum absolute atomic E-state index is 0.190. The predicted octanol–water partition coefficient (Wildman–Crippen LogP) is 3.15. The SMILES string of the molecule is CN1SNc2c(ccc3cccnc23)C1c1ccc(P)c(CN2CCNCC2)c1. The van der Waals surface area contributed by atoms with Crippen molar-refractivity contribution in [2.75, 3.05) is 37.9 Å². The first-order chi connectivity index (χ1) is 14.2. The molecule has 2 aromatic carbocycles. The van der Waals surface area contributed by atoms with E-state index in [4.69, 9.17) is 0 Å². The summed E-state index contributed by atoms with van der Waals surface area (Å²) in [7, 11) is 5.07. The minimum Gasteiger partial charge on any atom is -0.314 e. The number of benzene rings is 2. The number of pyridine rings is 1. The van der Waals surface area contributed by atoms with Gasteiger partial charge in [-0.15, -0.1) is 9.24 Å². The lowest BCUT2D eigenvalue weighted by Crippen LogP contribution is -2.43. The second-order valence-corrected chi connectivity index (χ2v) is 9.32. The molecule has 5 rings (SSSR count). The Kier molecular flexibility index (Phi) is 5.46. The molecule has 3 aromatic rings. The predicted molar refractivity (Wildman–Crippen MR) is 126 cm³/mol. The Morgan fingerprint density at radius 2 is 2.03 bits per heavy atom. The highest BCUT2D eigenvalue weighted by molar-refractivity contribution is 7.98. The largest absolute Gasteiger partial charge is 0.314 e. The van der Waals surface area contributed by atoms with Gasteiger partial charge in [-0.1, -0.05) is 36.4 Å². The van der Waals surface area contributed by atoms with E-state index in [9.17, 15) is 0 Å². The summed E-state index contributed by atoms with van der Waals surface area (Å²) in [6, 6.07) is 15.6. The normalized spacial score (nSPS) is 20.4. The summed E-state index contributed by atoms with van der Waals surface area (Å²) >= 11 is 1.64. The van der Waals surface area contributed by atoms with Crippen molar-refractivity contribution >= 4 is 43.3 Å². The van der Waals surface area contributed by atoms with Crippen LogP contribution in [0.2, 0.25) is 0 Å². The van der Waals surface area contributed by atoms with E-state index in [1.165, 1.54) is 27.4 Å². The fraction of sp³-hybridized carbons (Fsp3) is 0.318. The molecule has 3 heterocycles. The van der Waals surface area contributed by atoms with E-state index in [2.05, 4.69) is 76.9 Å². The molecule has 2 aliphatic heterocycles. The first-order valence-electron chi connectivity index (χ1n) is 10.1. The Morgan fingerprint density at radius 3 is 2.90 bits per heavy atom. The molecule has 2 N–H and O–H groups in total. The van der Waals surface area contributed by atoms with Gasteiger partial charge in [0.2, 0.25) is 0 Å². The molecule has 0 saturated carbocycles. The van der Waals surface area contributed by atoms with Crippen molar-refractivity contribution in [1.29, 1.82) is 0 Å². The van der Waals surface area contributed by atoms with Gasteiger partial charge in [-0.2, -0.15) is 0 Å². The highest BCUT2D eigenvalue weighted by Gasteiger charge is 2.29. The Morgan fingerprint density at radius 1 is 1.17 bits per heavy atom. The topological polar surface area (TPSA) is 43.4 Å². The third-order valence-corrected chi connectivity index (χ3v) is 7.20. The van der Waals surface area contributed by atoms with Crippen LogP contribution in [0.15, 0.2) is 48.7 Å². The molecule has 2 unspecified atom stereocenters. The molecule has 2 aliphatic rings. The second-order valence-electron chi connectivity index (χ2n) is 7.73. The van der Waals surface area contributed by atoms with Gasteiger partial charge >= 0.3 is 0 Å². The molecule has 0 spiro atoms. The van der Waals surface area contributed by atoms with E-state index in [0.717, 1.165) is 43.9 Å². The van der Waals surface area contributed by atoms with Crippen LogP contribution in [0, 0.1) is 0 Å². The van der Waals surface area contributed by atoms with Crippen molar-refractivity contribution < 1.29 is 0 Å². The fourth-order valence-corrected chi connectivity index (χ4v) is 5.36. The van der Waals surface area contributed by atoms with E-state index in [1.807, 2.05) is 12.3 Å². The number of piperazine rings is 1. The Bertz CT molecular complexity index is 1040. The van der Waals surface area contributed by atoms with E-state index >= 15 is 0 Å². The monoisotopic (exact) mass is 423 g/mol. The molecule has 0 bridgehead atoms. The number of nitrogens with zero attached hydrogens (tertiary/aromatic N) is 3. The number of fused-ring (bicyclic) bond motifs is 3. The molecule has 1 saturated heterocycles. The highest BCUT2D eigenvalue weighted by atomic mass is 32.2. The number of nitrogens with one attached hydrogen (secondary N) is 2. The lowest BCUT2D eigenvalue weighted by atomic mass is 9.94. The summed E-state index contributed by atoms with van der Waals surface area (Å²) in [4.78, 5) is 7.18. The molecule has 0 aliphatic carbocycles. The zero-order valence-electron chi connectivity index (χ0n) is 16.6. The van der Waals surface area contributed by atoms with Crippen molar-refractivity contribution in [3.8, 4) is 0 Å². The van der Waals surface area contributed by atoms with Crippen LogP contribution in [-0.2, 0) is 6.54 Å². The Balaban J connectivity index is 1.54. The molecule has 1 aromatic heterocycles. The van der Waals surface area contributed by atoms with Crippen molar-refractivity contribution in [2.24, 2.45) is 0 Å². The molecule has 0 radical (unpaired) electrons. The quantitative estimate of drug-likeness (QED) is 0.499. The average molecular weight is 424 g/mol. The van der Waals surface area contributed by atoms with Crippen LogP contribution in [0.25, 0.3) is 10.9 Å². The van der Waals surface area contributed by atoms with Crippen LogP contribution in [0.3, 0.4) is 0 Å². The number of aromatic nitrogens is 1. The van der Waals surface area contributed by atoms with Crippen LogP contribution in [0.1, 0.15) is 22.7 Å². The van der Waals surface area contributed by atoms with E-state index in [0.29, 0.717) is 0 Å².